The molecule has 2 fully saturated rings. The van der Waals surface area contributed by atoms with E-state index in [0.717, 1.165) is 45.3 Å². The van der Waals surface area contributed by atoms with Crippen molar-refractivity contribution in [2.45, 2.75) is 51.1 Å². The van der Waals surface area contributed by atoms with Crippen LogP contribution in [0.4, 0.5) is 0 Å². The van der Waals surface area contributed by atoms with E-state index in [1.807, 2.05) is 0 Å². The summed E-state index contributed by atoms with van der Waals surface area (Å²) in [5.74, 6) is 0.228. The first-order chi connectivity index (χ1) is 9.11. The van der Waals surface area contributed by atoms with Crippen molar-refractivity contribution in [2.24, 2.45) is 0 Å². The Bertz CT molecular complexity index is 366. The molecule has 2 N–H and O–H groups in total. The molecule has 0 spiro atoms. The van der Waals surface area contributed by atoms with Gasteiger partial charge < -0.3 is 5.32 Å². The highest BCUT2D eigenvalue weighted by molar-refractivity contribution is 7.89. The summed E-state index contributed by atoms with van der Waals surface area (Å²) < 4.78 is 27.0. The Morgan fingerprint density at radius 1 is 1.26 bits per heavy atom. The number of likely N-dealkylation sites (N-methyl/N-ethyl adjacent to an activating group) is 1. The number of piperidine rings is 1. The summed E-state index contributed by atoms with van der Waals surface area (Å²) >= 11 is 0. The zero-order valence-corrected chi connectivity index (χ0v) is 12.7. The molecule has 2 unspecified atom stereocenters. The summed E-state index contributed by atoms with van der Waals surface area (Å²) in [5, 5.41) is 3.29. The third-order valence-electron chi connectivity index (χ3n) is 4.28. The van der Waals surface area contributed by atoms with Crippen LogP contribution in [0.3, 0.4) is 0 Å². The van der Waals surface area contributed by atoms with Gasteiger partial charge in [-0.3, -0.25) is 4.90 Å². The van der Waals surface area contributed by atoms with E-state index >= 15 is 0 Å². The molecule has 2 aliphatic heterocycles. The van der Waals surface area contributed by atoms with Crippen LogP contribution in [0.2, 0.25) is 0 Å². The zero-order chi connectivity index (χ0) is 13.7. The number of hydrogen-bond donors (Lipinski definition) is 2. The monoisotopic (exact) mass is 289 g/mol. The lowest BCUT2D eigenvalue weighted by Gasteiger charge is -2.25. The lowest BCUT2D eigenvalue weighted by molar-refractivity contribution is 0.268. The van der Waals surface area contributed by atoms with Gasteiger partial charge in [0.15, 0.2) is 0 Å². The van der Waals surface area contributed by atoms with E-state index in [1.54, 1.807) is 0 Å². The predicted octanol–water partition coefficient (Wildman–Crippen LogP) is 0.532. The molecule has 6 heteroatoms. The van der Waals surface area contributed by atoms with E-state index in [1.165, 1.54) is 6.42 Å². The summed E-state index contributed by atoms with van der Waals surface area (Å²) in [6, 6.07) is 0.524. The molecule has 0 amide bonds. The van der Waals surface area contributed by atoms with Crippen molar-refractivity contribution in [3.63, 3.8) is 0 Å². The number of hydrogen-bond acceptors (Lipinski definition) is 4. The van der Waals surface area contributed by atoms with E-state index in [9.17, 15) is 8.42 Å². The van der Waals surface area contributed by atoms with Crippen LogP contribution in [0, 0.1) is 0 Å². The second-order valence-corrected chi connectivity index (χ2v) is 7.55. The maximum atomic E-state index is 12.1. The van der Waals surface area contributed by atoms with Gasteiger partial charge in [-0.2, -0.15) is 0 Å². The van der Waals surface area contributed by atoms with E-state index in [0.29, 0.717) is 12.6 Å². The molecule has 2 rings (SSSR count). The number of sulfonamides is 1. The van der Waals surface area contributed by atoms with Crippen LogP contribution in [0.1, 0.15) is 39.0 Å². The normalized spacial score (nSPS) is 29.7. The van der Waals surface area contributed by atoms with Crippen LogP contribution in [0.5, 0.6) is 0 Å². The maximum Gasteiger partial charge on any atom is 0.213 e. The van der Waals surface area contributed by atoms with Crippen molar-refractivity contribution in [1.82, 2.24) is 14.9 Å². The molecular weight excluding hydrogens is 262 g/mol. The van der Waals surface area contributed by atoms with Gasteiger partial charge in [0.05, 0.1) is 5.75 Å². The first-order valence-electron chi connectivity index (χ1n) is 7.55. The van der Waals surface area contributed by atoms with Gasteiger partial charge in [-0.25, -0.2) is 13.1 Å². The first-order valence-corrected chi connectivity index (χ1v) is 9.20. The average Bonchev–Trinajstić information content (AvgIpc) is 2.84. The van der Waals surface area contributed by atoms with Crippen LogP contribution < -0.4 is 10.0 Å². The van der Waals surface area contributed by atoms with Crippen molar-refractivity contribution in [1.29, 1.82) is 0 Å². The molecule has 2 aliphatic rings. The standard InChI is InChI=1S/C13H27N3O2S/c1-2-16-9-5-7-13(16)10-15-19(17,18)11-12-6-3-4-8-14-12/h12-15H,2-11H2,1H3. The topological polar surface area (TPSA) is 61.4 Å². The van der Waals surface area contributed by atoms with Gasteiger partial charge in [0.25, 0.3) is 0 Å². The molecule has 0 saturated carbocycles. The molecule has 0 aromatic heterocycles. The third kappa shape index (κ3) is 4.70. The van der Waals surface area contributed by atoms with Gasteiger partial charge >= 0.3 is 0 Å². The molecule has 5 nitrogen and oxygen atoms in total. The van der Waals surface area contributed by atoms with E-state index < -0.39 is 10.0 Å². The molecule has 2 saturated heterocycles. The Morgan fingerprint density at radius 2 is 2.11 bits per heavy atom. The summed E-state index contributed by atoms with van der Waals surface area (Å²) in [5.41, 5.74) is 0. The SMILES string of the molecule is CCN1CCCC1CNS(=O)(=O)CC1CCCCN1. The molecule has 19 heavy (non-hydrogen) atoms. The molecule has 2 atom stereocenters. The van der Waals surface area contributed by atoms with E-state index in [4.69, 9.17) is 0 Å². The smallest absolute Gasteiger partial charge is 0.213 e. The zero-order valence-electron chi connectivity index (χ0n) is 11.9. The lowest BCUT2D eigenvalue weighted by Crippen LogP contribution is -2.45. The van der Waals surface area contributed by atoms with Crippen molar-refractivity contribution in [3.8, 4) is 0 Å². The minimum atomic E-state index is -3.14. The Morgan fingerprint density at radius 3 is 2.79 bits per heavy atom. The van der Waals surface area contributed by atoms with Crippen LogP contribution in [-0.4, -0.2) is 57.3 Å². The van der Waals surface area contributed by atoms with Crippen molar-refractivity contribution in [2.75, 3.05) is 31.9 Å². The minimum absolute atomic E-state index is 0.136. The van der Waals surface area contributed by atoms with Crippen LogP contribution >= 0.6 is 0 Å². The van der Waals surface area contributed by atoms with Gasteiger partial charge in [0.2, 0.25) is 10.0 Å². The Kier molecular flexibility index (Phi) is 5.62. The predicted molar refractivity (Wildman–Crippen MR) is 77.7 cm³/mol. The largest absolute Gasteiger partial charge is 0.313 e. The fraction of sp³-hybridized carbons (Fsp3) is 1.00. The highest BCUT2D eigenvalue weighted by Crippen LogP contribution is 2.16. The van der Waals surface area contributed by atoms with E-state index in [-0.39, 0.29) is 11.8 Å². The summed E-state index contributed by atoms with van der Waals surface area (Å²) in [6.45, 7) is 5.78. The summed E-state index contributed by atoms with van der Waals surface area (Å²) in [4.78, 5) is 2.36. The Hall–Kier alpha value is -0.170. The van der Waals surface area contributed by atoms with Gasteiger partial charge in [-0.05, 0) is 45.3 Å². The number of nitrogens with zero attached hydrogens (tertiary/aromatic N) is 1. The van der Waals surface area contributed by atoms with Gasteiger partial charge in [-0.15, -0.1) is 0 Å². The Balaban J connectivity index is 1.77. The fourth-order valence-corrected chi connectivity index (χ4v) is 4.53. The number of likely N-dealkylation sites (tertiary alicyclic amines) is 1. The highest BCUT2D eigenvalue weighted by atomic mass is 32.2. The first kappa shape index (κ1) is 15.2. The molecular formula is C13H27N3O2S. The number of nitrogens with one attached hydrogen (secondary N) is 2. The number of rotatable bonds is 6. The summed E-state index contributed by atoms with van der Waals surface area (Å²) in [7, 11) is -3.14. The second-order valence-electron chi connectivity index (χ2n) is 5.70. The van der Waals surface area contributed by atoms with Gasteiger partial charge in [0, 0.05) is 18.6 Å². The summed E-state index contributed by atoms with van der Waals surface area (Å²) in [6.07, 6.45) is 5.57. The molecule has 0 aromatic rings. The van der Waals surface area contributed by atoms with Gasteiger partial charge in [-0.1, -0.05) is 13.3 Å². The average molecular weight is 289 g/mol. The highest BCUT2D eigenvalue weighted by Gasteiger charge is 2.26. The van der Waals surface area contributed by atoms with Crippen LogP contribution in [-0.2, 0) is 10.0 Å². The minimum Gasteiger partial charge on any atom is -0.313 e. The van der Waals surface area contributed by atoms with Crippen molar-refractivity contribution >= 4 is 10.0 Å². The van der Waals surface area contributed by atoms with E-state index in [2.05, 4.69) is 21.9 Å². The molecule has 0 aromatic carbocycles. The van der Waals surface area contributed by atoms with Crippen molar-refractivity contribution < 1.29 is 8.42 Å². The van der Waals surface area contributed by atoms with Crippen molar-refractivity contribution in [3.05, 3.63) is 0 Å². The third-order valence-corrected chi connectivity index (χ3v) is 5.72. The van der Waals surface area contributed by atoms with Crippen LogP contribution in [0.15, 0.2) is 0 Å². The fourth-order valence-electron chi connectivity index (χ4n) is 3.16. The second kappa shape index (κ2) is 7.02. The molecule has 0 radical (unpaired) electrons. The van der Waals surface area contributed by atoms with Gasteiger partial charge in [0.1, 0.15) is 0 Å². The molecule has 0 bridgehead atoms. The lowest BCUT2D eigenvalue weighted by atomic mass is 10.1. The van der Waals surface area contributed by atoms with Crippen LogP contribution in [0.25, 0.3) is 0 Å². The molecule has 112 valence electrons. The quantitative estimate of drug-likeness (QED) is 0.749. The Labute approximate surface area is 117 Å². The maximum absolute atomic E-state index is 12.1. The molecule has 2 heterocycles. The molecule has 0 aliphatic carbocycles.